The summed E-state index contributed by atoms with van der Waals surface area (Å²) in [5.74, 6) is 1.58. The van der Waals surface area contributed by atoms with Gasteiger partial charge >= 0.3 is 0 Å². The first-order chi connectivity index (χ1) is 9.42. The Bertz CT molecular complexity index is 651. The Kier molecular flexibility index (Phi) is 3.19. The lowest BCUT2D eigenvalue weighted by Gasteiger charge is -2.06. The number of hydrogen-bond donors (Lipinski definition) is 1. The van der Waals surface area contributed by atoms with E-state index in [9.17, 15) is 0 Å². The maximum absolute atomic E-state index is 4.59. The molecule has 0 spiro atoms. The average Bonchev–Trinajstić information content (AvgIpc) is 2.49. The summed E-state index contributed by atoms with van der Waals surface area (Å²) in [7, 11) is 0. The molecule has 92 valence electrons. The van der Waals surface area contributed by atoms with Gasteiger partial charge in [-0.05, 0) is 24.3 Å². The van der Waals surface area contributed by atoms with E-state index < -0.39 is 0 Å². The topological polar surface area (TPSA) is 37.8 Å². The van der Waals surface area contributed by atoms with Crippen molar-refractivity contribution in [2.45, 2.75) is 0 Å². The third-order valence-corrected chi connectivity index (χ3v) is 2.74. The fourth-order valence-corrected chi connectivity index (χ4v) is 1.84. The van der Waals surface area contributed by atoms with E-state index in [-0.39, 0.29) is 0 Å². The highest BCUT2D eigenvalue weighted by Gasteiger charge is 2.01. The Balaban J connectivity index is 1.89. The molecule has 0 amide bonds. The van der Waals surface area contributed by atoms with Crippen LogP contribution in [0.25, 0.3) is 11.3 Å². The van der Waals surface area contributed by atoms with Crippen LogP contribution in [0.1, 0.15) is 0 Å². The predicted molar refractivity (Wildman–Crippen MR) is 77.2 cm³/mol. The molecule has 0 aliphatic rings. The van der Waals surface area contributed by atoms with Crippen molar-refractivity contribution >= 4 is 11.6 Å². The average molecular weight is 247 g/mol. The van der Waals surface area contributed by atoms with Gasteiger partial charge < -0.3 is 5.32 Å². The van der Waals surface area contributed by atoms with E-state index in [2.05, 4.69) is 15.3 Å². The van der Waals surface area contributed by atoms with E-state index in [0.717, 1.165) is 22.9 Å². The fraction of sp³-hybridized carbons (Fsp3) is 0. The number of hydrogen-bond acceptors (Lipinski definition) is 3. The molecular weight excluding hydrogens is 234 g/mol. The first-order valence-corrected chi connectivity index (χ1v) is 6.12. The van der Waals surface area contributed by atoms with Gasteiger partial charge in [-0.15, -0.1) is 0 Å². The molecule has 0 bridgehead atoms. The minimum absolute atomic E-state index is 0.792. The van der Waals surface area contributed by atoms with Crippen LogP contribution in [0.5, 0.6) is 0 Å². The van der Waals surface area contributed by atoms with E-state index in [4.69, 9.17) is 0 Å². The van der Waals surface area contributed by atoms with Gasteiger partial charge in [0.15, 0.2) is 0 Å². The highest BCUT2D eigenvalue weighted by atomic mass is 15.0. The summed E-state index contributed by atoms with van der Waals surface area (Å²) in [6, 6.07) is 21.8. The molecule has 0 fully saturated rings. The van der Waals surface area contributed by atoms with Crippen molar-refractivity contribution in [3.8, 4) is 11.3 Å². The largest absolute Gasteiger partial charge is 0.325 e. The van der Waals surface area contributed by atoms with Crippen molar-refractivity contribution in [1.29, 1.82) is 0 Å². The van der Waals surface area contributed by atoms with Crippen molar-refractivity contribution in [3.63, 3.8) is 0 Å². The Morgan fingerprint density at radius 1 is 0.684 bits per heavy atom. The van der Waals surface area contributed by atoms with Crippen molar-refractivity contribution < 1.29 is 0 Å². The van der Waals surface area contributed by atoms with Crippen LogP contribution in [0, 0.1) is 0 Å². The van der Waals surface area contributed by atoms with Gasteiger partial charge in [0.2, 0.25) is 0 Å². The normalized spacial score (nSPS) is 10.1. The number of rotatable bonds is 3. The highest BCUT2D eigenvalue weighted by molar-refractivity contribution is 5.62. The predicted octanol–water partition coefficient (Wildman–Crippen LogP) is 3.89. The zero-order valence-corrected chi connectivity index (χ0v) is 10.3. The lowest BCUT2D eigenvalue weighted by atomic mass is 10.1. The Morgan fingerprint density at radius 2 is 1.47 bits per heavy atom. The van der Waals surface area contributed by atoms with Gasteiger partial charge in [-0.2, -0.15) is 0 Å². The van der Waals surface area contributed by atoms with Crippen LogP contribution in [0.15, 0.2) is 72.9 Å². The summed E-state index contributed by atoms with van der Waals surface area (Å²) < 4.78 is 0. The van der Waals surface area contributed by atoms with Crippen molar-refractivity contribution in [1.82, 2.24) is 9.97 Å². The number of nitrogens with zero attached hydrogens (tertiary/aromatic N) is 2. The van der Waals surface area contributed by atoms with Gasteiger partial charge in [0.25, 0.3) is 0 Å². The third kappa shape index (κ3) is 2.77. The Labute approximate surface area is 112 Å². The molecule has 3 rings (SSSR count). The van der Waals surface area contributed by atoms with E-state index in [0.29, 0.717) is 0 Å². The van der Waals surface area contributed by atoms with Crippen molar-refractivity contribution in [3.05, 3.63) is 72.9 Å². The molecule has 0 saturated carbocycles. The molecule has 0 aliphatic carbocycles. The highest BCUT2D eigenvalue weighted by Crippen LogP contribution is 2.19. The van der Waals surface area contributed by atoms with Crippen LogP contribution in [-0.2, 0) is 0 Å². The molecule has 3 heteroatoms. The number of benzene rings is 1. The molecule has 1 aromatic carbocycles. The van der Waals surface area contributed by atoms with Gasteiger partial charge in [0.05, 0.1) is 5.69 Å². The van der Waals surface area contributed by atoms with Gasteiger partial charge in [0.1, 0.15) is 11.6 Å². The molecule has 0 unspecified atom stereocenters. The molecular formula is C16H13N3. The van der Waals surface area contributed by atoms with E-state index in [1.54, 1.807) is 6.20 Å². The van der Waals surface area contributed by atoms with Crippen molar-refractivity contribution in [2.24, 2.45) is 0 Å². The standard InChI is InChI=1S/C16H13N3/c1-2-7-13(8-3-1)14-9-6-11-16(18-14)19-15-10-4-5-12-17-15/h1-12H,(H,17,18,19). The Hall–Kier alpha value is -2.68. The molecule has 19 heavy (non-hydrogen) atoms. The molecule has 0 radical (unpaired) electrons. The summed E-state index contributed by atoms with van der Waals surface area (Å²) in [6.07, 6.45) is 1.75. The summed E-state index contributed by atoms with van der Waals surface area (Å²) in [6.45, 7) is 0. The maximum Gasteiger partial charge on any atom is 0.132 e. The molecule has 3 nitrogen and oxygen atoms in total. The molecule has 3 aromatic rings. The third-order valence-electron chi connectivity index (χ3n) is 2.74. The van der Waals surface area contributed by atoms with Crippen LogP contribution in [0.4, 0.5) is 11.6 Å². The van der Waals surface area contributed by atoms with Crippen LogP contribution < -0.4 is 5.32 Å². The number of nitrogens with one attached hydrogen (secondary N) is 1. The second-order valence-electron chi connectivity index (χ2n) is 4.11. The summed E-state index contributed by atoms with van der Waals surface area (Å²) in [5.41, 5.74) is 2.05. The van der Waals surface area contributed by atoms with Gasteiger partial charge in [-0.25, -0.2) is 9.97 Å². The monoisotopic (exact) mass is 247 g/mol. The van der Waals surface area contributed by atoms with Gasteiger partial charge in [-0.1, -0.05) is 42.5 Å². The molecule has 1 N–H and O–H groups in total. The van der Waals surface area contributed by atoms with Crippen LogP contribution >= 0.6 is 0 Å². The maximum atomic E-state index is 4.59. The lowest BCUT2D eigenvalue weighted by Crippen LogP contribution is -1.96. The molecule has 2 heterocycles. The first-order valence-electron chi connectivity index (χ1n) is 6.12. The lowest BCUT2D eigenvalue weighted by molar-refractivity contribution is 1.25. The zero-order valence-electron chi connectivity index (χ0n) is 10.3. The second kappa shape index (κ2) is 5.31. The quantitative estimate of drug-likeness (QED) is 0.763. The van der Waals surface area contributed by atoms with Gasteiger partial charge in [0, 0.05) is 11.8 Å². The van der Waals surface area contributed by atoms with Crippen LogP contribution in [0.3, 0.4) is 0 Å². The summed E-state index contributed by atoms with van der Waals surface area (Å²) in [5, 5.41) is 3.19. The van der Waals surface area contributed by atoms with E-state index >= 15 is 0 Å². The molecule has 2 aromatic heterocycles. The van der Waals surface area contributed by atoms with Gasteiger partial charge in [-0.3, -0.25) is 0 Å². The molecule has 0 aliphatic heterocycles. The fourth-order valence-electron chi connectivity index (χ4n) is 1.84. The SMILES string of the molecule is c1ccc(-c2cccc(Nc3ccccn3)n2)cc1. The summed E-state index contributed by atoms with van der Waals surface area (Å²) >= 11 is 0. The smallest absolute Gasteiger partial charge is 0.132 e. The summed E-state index contributed by atoms with van der Waals surface area (Å²) in [4.78, 5) is 8.81. The number of anilines is 2. The first kappa shape index (κ1) is 11.4. The minimum Gasteiger partial charge on any atom is -0.325 e. The van der Waals surface area contributed by atoms with Crippen LogP contribution in [-0.4, -0.2) is 9.97 Å². The van der Waals surface area contributed by atoms with Crippen molar-refractivity contribution in [2.75, 3.05) is 5.32 Å². The van der Waals surface area contributed by atoms with E-state index in [1.807, 2.05) is 66.7 Å². The number of aromatic nitrogens is 2. The minimum atomic E-state index is 0.792. The Morgan fingerprint density at radius 3 is 2.26 bits per heavy atom. The molecule has 0 atom stereocenters. The molecule has 0 saturated heterocycles. The zero-order chi connectivity index (χ0) is 12.9. The van der Waals surface area contributed by atoms with E-state index in [1.165, 1.54) is 0 Å². The number of pyridine rings is 2. The van der Waals surface area contributed by atoms with Crippen LogP contribution in [0.2, 0.25) is 0 Å². The second-order valence-corrected chi connectivity index (χ2v) is 4.11.